The molecule has 0 amide bonds. The molecule has 6 heteroatoms. The first-order valence-corrected chi connectivity index (χ1v) is 8.40. The van der Waals surface area contributed by atoms with Crippen molar-refractivity contribution in [2.24, 2.45) is 0 Å². The highest BCUT2D eigenvalue weighted by atomic mass is 32.2. The molecule has 1 aliphatic rings. The lowest BCUT2D eigenvalue weighted by Crippen LogP contribution is -2.33. The van der Waals surface area contributed by atoms with Crippen LogP contribution >= 0.6 is 0 Å². The van der Waals surface area contributed by atoms with Crippen LogP contribution < -0.4 is 11.3 Å². The van der Waals surface area contributed by atoms with E-state index >= 15 is 0 Å². The molecule has 1 aromatic carbocycles. The molecule has 0 aliphatic carbocycles. The number of nitrogens with two attached hydrogens (primary N) is 1. The van der Waals surface area contributed by atoms with Gasteiger partial charge in [0.2, 0.25) is 0 Å². The van der Waals surface area contributed by atoms with Crippen molar-refractivity contribution >= 4 is 26.4 Å². The number of aromatic nitrogens is 1. The predicted octanol–water partition coefficient (Wildman–Crippen LogP) is 1.33. The van der Waals surface area contributed by atoms with Crippen molar-refractivity contribution in [3.05, 3.63) is 40.7 Å². The summed E-state index contributed by atoms with van der Waals surface area (Å²) < 4.78 is 24.5. The molecular weight excluding hydrogens is 276 g/mol. The normalized spacial score (nSPS) is 19.2. The van der Waals surface area contributed by atoms with Crippen molar-refractivity contribution in [2.45, 2.75) is 18.9 Å². The average molecular weight is 292 g/mol. The van der Waals surface area contributed by atoms with Crippen molar-refractivity contribution in [2.75, 3.05) is 17.2 Å². The number of anilines is 1. The molecule has 0 atom stereocenters. The summed E-state index contributed by atoms with van der Waals surface area (Å²) in [6, 6.07) is 8.94. The first kappa shape index (κ1) is 13.2. The van der Waals surface area contributed by atoms with E-state index in [0.717, 1.165) is 5.39 Å². The van der Waals surface area contributed by atoms with Crippen molar-refractivity contribution in [3.8, 4) is 0 Å². The highest BCUT2D eigenvalue weighted by Gasteiger charge is 2.26. The van der Waals surface area contributed by atoms with Gasteiger partial charge in [0.15, 0.2) is 0 Å². The van der Waals surface area contributed by atoms with Gasteiger partial charge in [0, 0.05) is 11.4 Å². The monoisotopic (exact) mass is 292 g/mol. The molecule has 0 bridgehead atoms. The average Bonchev–Trinajstić information content (AvgIpc) is 2.40. The summed E-state index contributed by atoms with van der Waals surface area (Å²) in [4.78, 5) is 12.5. The van der Waals surface area contributed by atoms with Crippen molar-refractivity contribution in [3.63, 3.8) is 0 Å². The molecule has 2 N–H and O–H groups in total. The van der Waals surface area contributed by atoms with Crippen LogP contribution in [0.1, 0.15) is 18.9 Å². The molecule has 1 aromatic heterocycles. The summed E-state index contributed by atoms with van der Waals surface area (Å²) in [6.45, 7) is 0. The topological polar surface area (TPSA) is 82.2 Å². The Morgan fingerprint density at radius 2 is 1.80 bits per heavy atom. The molecule has 20 heavy (non-hydrogen) atoms. The first-order valence-electron chi connectivity index (χ1n) is 6.58. The summed E-state index contributed by atoms with van der Waals surface area (Å²) in [5.74, 6) is 0.644. The van der Waals surface area contributed by atoms with Crippen LogP contribution in [0.4, 0.5) is 5.82 Å². The molecule has 1 fully saturated rings. The van der Waals surface area contributed by atoms with Gasteiger partial charge >= 0.3 is 0 Å². The number of rotatable bonds is 1. The molecular formula is C14H16N2O3S. The van der Waals surface area contributed by atoms with Crippen molar-refractivity contribution in [1.29, 1.82) is 0 Å². The van der Waals surface area contributed by atoms with Crippen LogP contribution in [0.25, 0.3) is 10.8 Å². The Kier molecular flexibility index (Phi) is 3.05. The Hall–Kier alpha value is -1.82. The quantitative estimate of drug-likeness (QED) is 0.859. The van der Waals surface area contributed by atoms with E-state index in [1.807, 2.05) is 18.2 Å². The Bertz CT molecular complexity index is 810. The van der Waals surface area contributed by atoms with Gasteiger partial charge in [0.25, 0.3) is 5.56 Å². The highest BCUT2D eigenvalue weighted by Crippen LogP contribution is 2.26. The maximum atomic E-state index is 12.5. The van der Waals surface area contributed by atoms with Gasteiger partial charge in [0.05, 0.1) is 11.5 Å². The highest BCUT2D eigenvalue weighted by molar-refractivity contribution is 7.91. The zero-order chi connectivity index (χ0) is 14.3. The Morgan fingerprint density at radius 3 is 2.50 bits per heavy atom. The summed E-state index contributed by atoms with van der Waals surface area (Å²) in [6.07, 6.45) is 0.898. The molecule has 0 unspecified atom stereocenters. The van der Waals surface area contributed by atoms with Crippen LogP contribution in [0.15, 0.2) is 35.1 Å². The number of pyridine rings is 1. The van der Waals surface area contributed by atoms with Gasteiger partial charge in [-0.2, -0.15) is 0 Å². The van der Waals surface area contributed by atoms with E-state index in [1.165, 1.54) is 0 Å². The molecule has 1 saturated heterocycles. The Labute approximate surface area is 116 Å². The second-order valence-electron chi connectivity index (χ2n) is 5.21. The molecule has 0 spiro atoms. The molecule has 0 saturated carbocycles. The lowest BCUT2D eigenvalue weighted by molar-refractivity contribution is 0.446. The largest absolute Gasteiger partial charge is 0.385 e. The molecule has 1 aliphatic heterocycles. The van der Waals surface area contributed by atoms with E-state index in [9.17, 15) is 13.2 Å². The number of nitrogen functional groups attached to an aromatic ring is 1. The molecule has 2 aromatic rings. The van der Waals surface area contributed by atoms with Crippen LogP contribution in [0.5, 0.6) is 0 Å². The predicted molar refractivity (Wildman–Crippen MR) is 79.5 cm³/mol. The molecule has 106 valence electrons. The van der Waals surface area contributed by atoms with Crippen LogP contribution in [-0.4, -0.2) is 24.5 Å². The number of fused-ring (bicyclic) bond motifs is 1. The fraction of sp³-hybridized carbons (Fsp3) is 0.357. The zero-order valence-electron chi connectivity index (χ0n) is 11.0. The second-order valence-corrected chi connectivity index (χ2v) is 7.52. The Morgan fingerprint density at radius 1 is 1.15 bits per heavy atom. The molecule has 2 heterocycles. The van der Waals surface area contributed by atoms with E-state index in [-0.39, 0.29) is 23.1 Å². The third-order valence-corrected chi connectivity index (χ3v) is 5.60. The van der Waals surface area contributed by atoms with E-state index < -0.39 is 9.84 Å². The third kappa shape index (κ3) is 2.20. The van der Waals surface area contributed by atoms with Gasteiger partial charge < -0.3 is 5.73 Å². The summed E-state index contributed by atoms with van der Waals surface area (Å²) in [5, 5.41) is 1.44. The summed E-state index contributed by atoms with van der Waals surface area (Å²) >= 11 is 0. The number of hydrogen-bond acceptors (Lipinski definition) is 4. The van der Waals surface area contributed by atoms with Crippen LogP contribution in [-0.2, 0) is 9.84 Å². The van der Waals surface area contributed by atoms with Gasteiger partial charge in [-0.15, -0.1) is 0 Å². The number of benzene rings is 1. The zero-order valence-corrected chi connectivity index (χ0v) is 11.8. The lowest BCUT2D eigenvalue weighted by Gasteiger charge is -2.25. The molecule has 3 rings (SSSR count). The summed E-state index contributed by atoms with van der Waals surface area (Å²) in [7, 11) is -2.95. The second kappa shape index (κ2) is 4.63. The number of sulfone groups is 1. The van der Waals surface area contributed by atoms with Crippen molar-refractivity contribution in [1.82, 2.24) is 4.57 Å². The minimum absolute atomic E-state index is 0.121. The van der Waals surface area contributed by atoms with Gasteiger partial charge in [-0.05, 0) is 30.4 Å². The maximum absolute atomic E-state index is 12.5. The van der Waals surface area contributed by atoms with Gasteiger partial charge in [0.1, 0.15) is 15.7 Å². The third-order valence-electron chi connectivity index (χ3n) is 3.88. The SMILES string of the molecule is Nc1cc2ccccc2c(=O)n1C1CCS(=O)(=O)CC1. The molecule has 0 radical (unpaired) electrons. The fourth-order valence-electron chi connectivity index (χ4n) is 2.81. The number of hydrogen-bond donors (Lipinski definition) is 1. The lowest BCUT2D eigenvalue weighted by atomic mass is 10.1. The standard InChI is InChI=1S/C14H16N2O3S/c15-13-9-10-3-1-2-4-12(10)14(17)16(13)11-5-7-20(18,19)8-6-11/h1-4,9,11H,5-8,15H2. The minimum Gasteiger partial charge on any atom is -0.385 e. The van der Waals surface area contributed by atoms with Crippen LogP contribution in [0.2, 0.25) is 0 Å². The maximum Gasteiger partial charge on any atom is 0.260 e. The van der Waals surface area contributed by atoms with E-state index in [2.05, 4.69) is 0 Å². The van der Waals surface area contributed by atoms with Crippen LogP contribution in [0, 0.1) is 0 Å². The van der Waals surface area contributed by atoms with E-state index in [0.29, 0.717) is 24.0 Å². The van der Waals surface area contributed by atoms with E-state index in [4.69, 9.17) is 5.73 Å². The van der Waals surface area contributed by atoms with Crippen LogP contribution in [0.3, 0.4) is 0 Å². The number of nitrogens with zero attached hydrogens (tertiary/aromatic N) is 1. The molecule has 5 nitrogen and oxygen atoms in total. The minimum atomic E-state index is -2.95. The van der Waals surface area contributed by atoms with E-state index in [1.54, 1.807) is 16.7 Å². The van der Waals surface area contributed by atoms with Gasteiger partial charge in [-0.3, -0.25) is 9.36 Å². The smallest absolute Gasteiger partial charge is 0.260 e. The first-order chi connectivity index (χ1) is 9.48. The van der Waals surface area contributed by atoms with Gasteiger partial charge in [-0.25, -0.2) is 8.42 Å². The van der Waals surface area contributed by atoms with Crippen molar-refractivity contribution < 1.29 is 8.42 Å². The Balaban J connectivity index is 2.10. The van der Waals surface area contributed by atoms with Gasteiger partial charge in [-0.1, -0.05) is 18.2 Å². The fourth-order valence-corrected chi connectivity index (χ4v) is 4.27. The summed E-state index contributed by atoms with van der Waals surface area (Å²) in [5.41, 5.74) is 5.87.